The normalized spacial score (nSPS) is 11.4. The predicted octanol–water partition coefficient (Wildman–Crippen LogP) is 2.12. The monoisotopic (exact) mass is 223 g/mol. The van der Waals surface area contributed by atoms with Crippen molar-refractivity contribution in [3.8, 4) is 0 Å². The average Bonchev–Trinajstić information content (AvgIpc) is 2.11. The number of hydrogen-bond acceptors (Lipinski definition) is 2. The first-order chi connectivity index (χ1) is 6.02. The van der Waals surface area contributed by atoms with Crippen molar-refractivity contribution in [1.29, 1.82) is 0 Å². The topological polar surface area (TPSA) is 29.1 Å². The number of rotatable bonds is 6. The van der Waals surface area contributed by atoms with Crippen molar-refractivity contribution in [2.24, 2.45) is 5.41 Å². The fourth-order valence-electron chi connectivity index (χ4n) is 0.668. The van der Waals surface area contributed by atoms with Crippen LogP contribution in [0.5, 0.6) is 0 Å². The van der Waals surface area contributed by atoms with E-state index in [0.717, 1.165) is 5.75 Å². The molecule has 0 aromatic rings. The summed E-state index contributed by atoms with van der Waals surface area (Å²) in [7, 11) is 0. The number of hydrogen-bond donors (Lipinski definition) is 1. The van der Waals surface area contributed by atoms with Crippen molar-refractivity contribution in [2.45, 2.75) is 20.3 Å². The lowest BCUT2D eigenvalue weighted by molar-refractivity contribution is -0.121. The zero-order chi connectivity index (χ0) is 10.3. The largest absolute Gasteiger partial charge is 0.355 e. The molecular formula is C9H18ClNOS. The first kappa shape index (κ1) is 13.1. The molecule has 0 unspecified atom stereocenters. The van der Waals surface area contributed by atoms with Crippen molar-refractivity contribution >= 4 is 29.3 Å². The Morgan fingerprint density at radius 2 is 2.15 bits per heavy atom. The van der Waals surface area contributed by atoms with Gasteiger partial charge in [0.15, 0.2) is 0 Å². The van der Waals surface area contributed by atoms with Gasteiger partial charge < -0.3 is 5.32 Å². The van der Waals surface area contributed by atoms with Gasteiger partial charge >= 0.3 is 0 Å². The van der Waals surface area contributed by atoms with Crippen LogP contribution in [0.2, 0.25) is 0 Å². The van der Waals surface area contributed by atoms with Gasteiger partial charge in [-0.2, -0.15) is 11.8 Å². The Kier molecular flexibility index (Phi) is 6.60. The quantitative estimate of drug-likeness (QED) is 0.699. The Balaban J connectivity index is 3.57. The van der Waals surface area contributed by atoms with E-state index in [2.05, 4.69) is 5.32 Å². The highest BCUT2D eigenvalue weighted by Gasteiger charge is 2.16. The third-order valence-electron chi connectivity index (χ3n) is 1.66. The molecule has 0 saturated heterocycles. The highest BCUT2D eigenvalue weighted by Crippen LogP contribution is 2.14. The summed E-state index contributed by atoms with van der Waals surface area (Å²) in [5.41, 5.74) is -0.00340. The number of nitrogens with one attached hydrogen (secondary N) is 1. The molecule has 0 aromatic carbocycles. The van der Waals surface area contributed by atoms with Crippen LogP contribution in [-0.2, 0) is 4.79 Å². The molecule has 0 saturated carbocycles. The minimum atomic E-state index is -0.00340. The van der Waals surface area contributed by atoms with E-state index in [1.807, 2.05) is 20.1 Å². The van der Waals surface area contributed by atoms with Crippen LogP contribution in [0, 0.1) is 5.41 Å². The molecule has 0 fully saturated rings. The molecule has 0 rings (SSSR count). The zero-order valence-corrected chi connectivity index (χ0v) is 10.1. The maximum absolute atomic E-state index is 11.2. The molecule has 0 aliphatic carbocycles. The molecule has 0 bridgehead atoms. The van der Waals surface area contributed by atoms with Gasteiger partial charge in [-0.1, -0.05) is 13.8 Å². The molecule has 4 heteroatoms. The second-order valence-corrected chi connectivity index (χ2v) is 5.07. The molecule has 0 aliphatic rings. The molecule has 0 aliphatic heterocycles. The Labute approximate surface area is 89.8 Å². The van der Waals surface area contributed by atoms with Crippen molar-refractivity contribution in [3.63, 3.8) is 0 Å². The molecule has 0 radical (unpaired) electrons. The van der Waals surface area contributed by atoms with E-state index in [1.54, 1.807) is 11.8 Å². The van der Waals surface area contributed by atoms with Crippen LogP contribution >= 0.6 is 23.4 Å². The molecule has 78 valence electrons. The minimum Gasteiger partial charge on any atom is -0.355 e. The van der Waals surface area contributed by atoms with E-state index in [1.165, 1.54) is 0 Å². The number of amides is 1. The van der Waals surface area contributed by atoms with E-state index >= 15 is 0 Å². The standard InChI is InChI=1S/C9H18ClNOS/c1-9(2,6-10)7-11-8(12)4-5-13-3/h4-7H2,1-3H3,(H,11,12). The second-order valence-electron chi connectivity index (χ2n) is 3.82. The second kappa shape index (κ2) is 6.55. The third-order valence-corrected chi connectivity index (χ3v) is 2.99. The van der Waals surface area contributed by atoms with Gasteiger partial charge in [0.2, 0.25) is 5.91 Å². The zero-order valence-electron chi connectivity index (χ0n) is 8.52. The lowest BCUT2D eigenvalue weighted by atomic mass is 9.96. The minimum absolute atomic E-state index is 0.00340. The van der Waals surface area contributed by atoms with Crippen LogP contribution in [0.4, 0.5) is 0 Å². The first-order valence-electron chi connectivity index (χ1n) is 4.33. The molecule has 2 nitrogen and oxygen atoms in total. The molecule has 0 aromatic heterocycles. The summed E-state index contributed by atoms with van der Waals surface area (Å²) in [5.74, 6) is 1.57. The summed E-state index contributed by atoms with van der Waals surface area (Å²) in [4.78, 5) is 11.2. The van der Waals surface area contributed by atoms with E-state index in [-0.39, 0.29) is 11.3 Å². The number of carbonyl (C=O) groups excluding carboxylic acids is 1. The Hall–Kier alpha value is 0.110. The van der Waals surface area contributed by atoms with Crippen LogP contribution in [0.1, 0.15) is 20.3 Å². The lowest BCUT2D eigenvalue weighted by Crippen LogP contribution is -2.35. The molecule has 0 spiro atoms. The average molecular weight is 224 g/mol. The maximum Gasteiger partial charge on any atom is 0.220 e. The highest BCUT2D eigenvalue weighted by molar-refractivity contribution is 7.98. The maximum atomic E-state index is 11.2. The number of halogens is 1. The van der Waals surface area contributed by atoms with Gasteiger partial charge in [0.25, 0.3) is 0 Å². The van der Waals surface area contributed by atoms with E-state index < -0.39 is 0 Å². The van der Waals surface area contributed by atoms with Crippen LogP contribution in [0.25, 0.3) is 0 Å². The fraction of sp³-hybridized carbons (Fsp3) is 0.889. The van der Waals surface area contributed by atoms with Crippen molar-refractivity contribution in [3.05, 3.63) is 0 Å². The van der Waals surface area contributed by atoms with E-state index in [4.69, 9.17) is 11.6 Å². The summed E-state index contributed by atoms with van der Waals surface area (Å²) in [6.07, 6.45) is 2.59. The fourth-order valence-corrected chi connectivity index (χ4v) is 1.15. The van der Waals surface area contributed by atoms with Gasteiger partial charge in [-0.15, -0.1) is 11.6 Å². The molecule has 13 heavy (non-hydrogen) atoms. The molecule has 1 N–H and O–H groups in total. The molecule has 0 atom stereocenters. The van der Waals surface area contributed by atoms with Gasteiger partial charge in [-0.25, -0.2) is 0 Å². The number of thioether (sulfide) groups is 1. The van der Waals surface area contributed by atoms with Gasteiger partial charge in [-0.3, -0.25) is 4.79 Å². The summed E-state index contributed by atoms with van der Waals surface area (Å²) >= 11 is 7.41. The van der Waals surface area contributed by atoms with Crippen molar-refractivity contribution in [2.75, 3.05) is 24.4 Å². The summed E-state index contributed by atoms with van der Waals surface area (Å²) in [5, 5.41) is 2.87. The van der Waals surface area contributed by atoms with E-state index in [0.29, 0.717) is 18.8 Å². The SMILES string of the molecule is CSCCC(=O)NCC(C)(C)CCl. The summed E-state index contributed by atoms with van der Waals surface area (Å²) < 4.78 is 0. The molecule has 1 amide bonds. The van der Waals surface area contributed by atoms with Gasteiger partial charge in [0.05, 0.1) is 0 Å². The van der Waals surface area contributed by atoms with Gasteiger partial charge in [-0.05, 0) is 11.7 Å². The number of carbonyl (C=O) groups is 1. The Morgan fingerprint density at radius 3 is 2.62 bits per heavy atom. The highest BCUT2D eigenvalue weighted by atomic mass is 35.5. The van der Waals surface area contributed by atoms with Gasteiger partial charge in [0.1, 0.15) is 0 Å². The Bertz CT molecular complexity index is 162. The summed E-state index contributed by atoms with van der Waals surface area (Å²) in [6, 6.07) is 0. The lowest BCUT2D eigenvalue weighted by Gasteiger charge is -2.21. The van der Waals surface area contributed by atoms with Crippen molar-refractivity contribution < 1.29 is 4.79 Å². The molecular weight excluding hydrogens is 206 g/mol. The molecule has 0 heterocycles. The summed E-state index contributed by atoms with van der Waals surface area (Å²) in [6.45, 7) is 4.73. The van der Waals surface area contributed by atoms with Crippen molar-refractivity contribution in [1.82, 2.24) is 5.32 Å². The van der Waals surface area contributed by atoms with Crippen LogP contribution in [0.3, 0.4) is 0 Å². The Morgan fingerprint density at radius 1 is 1.54 bits per heavy atom. The third kappa shape index (κ3) is 7.20. The first-order valence-corrected chi connectivity index (χ1v) is 6.26. The predicted molar refractivity (Wildman–Crippen MR) is 60.5 cm³/mol. The van der Waals surface area contributed by atoms with E-state index in [9.17, 15) is 4.79 Å². The number of alkyl halides is 1. The smallest absolute Gasteiger partial charge is 0.220 e. The van der Waals surface area contributed by atoms with Gasteiger partial charge in [0, 0.05) is 24.6 Å². The van der Waals surface area contributed by atoms with Crippen LogP contribution in [-0.4, -0.2) is 30.3 Å². The van der Waals surface area contributed by atoms with Crippen LogP contribution < -0.4 is 5.32 Å². The van der Waals surface area contributed by atoms with Crippen LogP contribution in [0.15, 0.2) is 0 Å².